The molecule has 2 fully saturated rings. The monoisotopic (exact) mass is 1060 g/mol. The van der Waals surface area contributed by atoms with Gasteiger partial charge in [-0.1, -0.05) is 60.7 Å². The van der Waals surface area contributed by atoms with Crippen molar-refractivity contribution >= 4 is 46.8 Å². The van der Waals surface area contributed by atoms with Gasteiger partial charge >= 0.3 is 23.9 Å². The first-order valence-corrected chi connectivity index (χ1v) is 24.7. The van der Waals surface area contributed by atoms with E-state index in [-0.39, 0.29) is 76.9 Å². The number of halogens is 4. The van der Waals surface area contributed by atoms with Crippen molar-refractivity contribution in [2.24, 2.45) is 11.8 Å². The lowest BCUT2D eigenvalue weighted by atomic mass is 9.85. The van der Waals surface area contributed by atoms with Crippen LogP contribution in [0.15, 0.2) is 158 Å². The molecule has 2 heterocycles. The third-order valence-electron chi connectivity index (χ3n) is 13.4. The van der Waals surface area contributed by atoms with Crippen LogP contribution in [0.1, 0.15) is 69.6 Å². The fourth-order valence-electron chi connectivity index (χ4n) is 9.31. The molecule has 8 rings (SSSR count). The van der Waals surface area contributed by atoms with Gasteiger partial charge in [0.15, 0.2) is 12.2 Å². The molecule has 2 aliphatic heterocycles. The number of anilines is 2. The number of ketones is 2. The van der Waals surface area contributed by atoms with Crippen LogP contribution in [0.4, 0.5) is 28.9 Å². The molecule has 0 saturated carbocycles. The summed E-state index contributed by atoms with van der Waals surface area (Å²) >= 11 is 0. The first kappa shape index (κ1) is 58.0. The average Bonchev–Trinajstić information content (AvgIpc) is 3.44. The lowest BCUT2D eigenvalue weighted by Crippen LogP contribution is -2.46. The van der Waals surface area contributed by atoms with Crippen molar-refractivity contribution in [3.63, 3.8) is 0 Å². The summed E-state index contributed by atoms with van der Waals surface area (Å²) in [4.78, 5) is 76.2. The van der Waals surface area contributed by atoms with Crippen LogP contribution in [0.25, 0.3) is 0 Å². The molecule has 0 amide bonds. The van der Waals surface area contributed by atoms with Crippen LogP contribution in [0, 0.1) is 35.1 Å². The summed E-state index contributed by atoms with van der Waals surface area (Å²) in [5.41, 5.74) is 3.66. The molecule has 4 unspecified atom stereocenters. The van der Waals surface area contributed by atoms with Gasteiger partial charge in [-0.25, -0.2) is 36.7 Å². The molecule has 404 valence electrons. The number of aliphatic carboxylic acids is 2. The highest BCUT2D eigenvalue weighted by Gasteiger charge is 2.36. The molecule has 0 bridgehead atoms. The van der Waals surface area contributed by atoms with Crippen LogP contribution in [0.5, 0.6) is 0 Å². The van der Waals surface area contributed by atoms with Crippen LogP contribution in [0.2, 0.25) is 0 Å². The minimum Gasteiger partial charge on any atom is -0.475 e. The van der Waals surface area contributed by atoms with E-state index in [9.17, 15) is 56.5 Å². The van der Waals surface area contributed by atoms with E-state index in [4.69, 9.17) is 9.47 Å². The molecule has 0 spiro atoms. The Morgan fingerprint density at radius 3 is 1.03 bits per heavy atom. The minimum absolute atomic E-state index is 0. The fraction of sp³-hybridized carbons (Fsp3) is 0.276. The second kappa shape index (κ2) is 28.0. The molecule has 0 aliphatic carbocycles. The number of nitrogens with one attached hydrogen (secondary N) is 2. The zero-order valence-corrected chi connectivity index (χ0v) is 41.6. The molecular weight excluding hydrogens is 1000 g/mol. The van der Waals surface area contributed by atoms with Crippen molar-refractivity contribution in [3.05, 3.63) is 203 Å². The number of hydrogen-bond acceptors (Lipinski definition) is 12. The number of carbonyl (C=O) groups excluding carboxylic acids is 4. The molecule has 2 aliphatic rings. The third kappa shape index (κ3) is 16.9. The Kier molecular flexibility index (Phi) is 21.1. The Morgan fingerprint density at radius 2 is 0.740 bits per heavy atom. The number of nitrogens with zero attached hydrogens (tertiary/aromatic N) is 2. The van der Waals surface area contributed by atoms with Gasteiger partial charge in [0.05, 0.1) is 23.2 Å². The maximum Gasteiger partial charge on any atom is 0.376 e. The molecular formula is C58H58F4N4O11. The van der Waals surface area contributed by atoms with Crippen LogP contribution < -0.4 is 10.6 Å². The van der Waals surface area contributed by atoms with Gasteiger partial charge in [0.2, 0.25) is 0 Å². The summed E-state index contributed by atoms with van der Waals surface area (Å²) in [5, 5.41) is 25.4. The fourth-order valence-corrected chi connectivity index (χ4v) is 9.31. The van der Waals surface area contributed by atoms with Gasteiger partial charge in [-0.05, 0) is 172 Å². The summed E-state index contributed by atoms with van der Waals surface area (Å²) in [6.07, 6.45) is -0.175. The highest BCUT2D eigenvalue weighted by atomic mass is 19.1. The number of carboxylic acids is 2. The average molecular weight is 1060 g/mol. The number of likely N-dealkylation sites (tertiary alicyclic amines) is 2. The van der Waals surface area contributed by atoms with Gasteiger partial charge < -0.3 is 35.8 Å². The number of esters is 2. The smallest absolute Gasteiger partial charge is 0.376 e. The first-order valence-electron chi connectivity index (χ1n) is 24.7. The van der Waals surface area contributed by atoms with Crippen molar-refractivity contribution in [1.82, 2.24) is 9.80 Å². The number of piperidine rings is 2. The second-order valence-electron chi connectivity index (χ2n) is 18.5. The third-order valence-corrected chi connectivity index (χ3v) is 13.4. The van der Waals surface area contributed by atoms with Gasteiger partial charge in [-0.15, -0.1) is 0 Å². The molecule has 0 aromatic heterocycles. The predicted molar refractivity (Wildman–Crippen MR) is 277 cm³/mol. The maximum absolute atomic E-state index is 13.6. The van der Waals surface area contributed by atoms with E-state index in [2.05, 4.69) is 10.6 Å². The van der Waals surface area contributed by atoms with E-state index in [1.807, 2.05) is 9.80 Å². The lowest BCUT2D eigenvalue weighted by Gasteiger charge is -2.37. The van der Waals surface area contributed by atoms with E-state index in [0.717, 1.165) is 22.5 Å². The first-order chi connectivity index (χ1) is 36.6. The number of carboxylic acid groups (broad SMARTS) is 2. The summed E-state index contributed by atoms with van der Waals surface area (Å²) in [6, 6.07) is 40.3. The van der Waals surface area contributed by atoms with Crippen LogP contribution in [0.3, 0.4) is 0 Å². The largest absolute Gasteiger partial charge is 0.475 e. The van der Waals surface area contributed by atoms with Gasteiger partial charge in [0.1, 0.15) is 23.3 Å². The van der Waals surface area contributed by atoms with Crippen LogP contribution in [-0.4, -0.2) is 112 Å². The van der Waals surface area contributed by atoms with Crippen LogP contribution in [-0.2, 0) is 28.7 Å². The highest BCUT2D eigenvalue weighted by molar-refractivity contribution is 6.35. The van der Waals surface area contributed by atoms with Gasteiger partial charge in [0, 0.05) is 24.5 Å². The maximum atomic E-state index is 13.6. The van der Waals surface area contributed by atoms with Gasteiger partial charge in [-0.3, -0.25) is 19.4 Å². The number of Topliss-reactive ketones (excluding diaryl/α,β-unsaturated/α-hetero) is 2. The van der Waals surface area contributed by atoms with Crippen molar-refractivity contribution in [1.29, 1.82) is 0 Å². The number of carbonyl (C=O) groups is 6. The Balaban J connectivity index is 0.000000246. The minimum atomic E-state index is -1.66. The molecule has 6 aromatic carbocycles. The predicted octanol–water partition coefficient (Wildman–Crippen LogP) is 8.59. The topological polar surface area (TPSA) is 223 Å². The SMILES string of the molecule is O.O=C(O)C(=O)C(CN1CCC(C(Nc2ccc(F)cc2)c2ccc(F)cc2)CC1)OC(=O)c1ccccc1.O=C(O)C(=O)C(CN1CCC(C(Nc2ccc(F)cc2)c2ccc(F)cc2)CC1)OC(=O)c1ccccc1. The highest BCUT2D eigenvalue weighted by Crippen LogP contribution is 2.36. The Morgan fingerprint density at radius 1 is 0.455 bits per heavy atom. The molecule has 0 radical (unpaired) electrons. The van der Waals surface area contributed by atoms with Gasteiger partial charge in [-0.2, -0.15) is 0 Å². The van der Waals surface area contributed by atoms with Crippen LogP contribution >= 0.6 is 0 Å². The summed E-state index contributed by atoms with van der Waals surface area (Å²) in [6.45, 7) is 2.03. The van der Waals surface area contributed by atoms with Crippen molar-refractivity contribution in [2.75, 3.05) is 49.9 Å². The van der Waals surface area contributed by atoms with E-state index < -0.39 is 47.7 Å². The van der Waals surface area contributed by atoms with E-state index in [1.165, 1.54) is 72.8 Å². The normalized spacial score (nSPS) is 15.6. The van der Waals surface area contributed by atoms with Crippen molar-refractivity contribution in [3.8, 4) is 0 Å². The number of ether oxygens (including phenoxy) is 2. The van der Waals surface area contributed by atoms with E-state index in [0.29, 0.717) is 51.9 Å². The number of hydrogen-bond donors (Lipinski definition) is 4. The number of rotatable bonds is 20. The van der Waals surface area contributed by atoms with E-state index in [1.54, 1.807) is 84.9 Å². The summed E-state index contributed by atoms with van der Waals surface area (Å²) in [5.74, 6) is -8.37. The molecule has 6 aromatic rings. The lowest BCUT2D eigenvalue weighted by molar-refractivity contribution is -0.154. The Labute approximate surface area is 441 Å². The summed E-state index contributed by atoms with van der Waals surface area (Å²) < 4.78 is 64.6. The van der Waals surface area contributed by atoms with Gasteiger partial charge in [0.25, 0.3) is 11.6 Å². The molecule has 19 heteroatoms. The second-order valence-corrected chi connectivity index (χ2v) is 18.5. The summed E-state index contributed by atoms with van der Waals surface area (Å²) in [7, 11) is 0. The molecule has 4 atom stereocenters. The molecule has 15 nitrogen and oxygen atoms in total. The molecule has 2 saturated heterocycles. The Hall–Kier alpha value is -8.26. The van der Waals surface area contributed by atoms with Crippen molar-refractivity contribution < 1.29 is 71.5 Å². The molecule has 6 N–H and O–H groups in total. The molecule has 77 heavy (non-hydrogen) atoms. The zero-order chi connectivity index (χ0) is 54.1. The zero-order valence-electron chi connectivity index (χ0n) is 41.6. The quantitative estimate of drug-likeness (QED) is 0.0319. The number of benzene rings is 6. The van der Waals surface area contributed by atoms with Crippen molar-refractivity contribution in [2.45, 2.75) is 50.0 Å². The Bertz CT molecular complexity index is 2690. The van der Waals surface area contributed by atoms with E-state index >= 15 is 0 Å². The standard InChI is InChI=1S/2C29H28F2N2O5.H2O/c2*30-22-8-6-19(7-9-22)26(32-24-12-10-23(31)11-13-24)20-14-16-33(17-15-20)18-25(27(34)28(35)36)38-29(37)21-4-2-1-3-5-21;/h2*1-13,20,25-26,32H,14-18H2,(H,35,36);1H2.